The van der Waals surface area contributed by atoms with Crippen LogP contribution >= 0.6 is 0 Å². The summed E-state index contributed by atoms with van der Waals surface area (Å²) in [5.41, 5.74) is 0.0511. The molecule has 1 aliphatic heterocycles. The third-order valence-corrected chi connectivity index (χ3v) is 3.50. The third-order valence-electron chi connectivity index (χ3n) is 3.50. The highest BCUT2D eigenvalue weighted by atomic mass is 19.1. The Hall–Kier alpha value is -2.18. The van der Waals surface area contributed by atoms with Gasteiger partial charge in [0.05, 0.1) is 5.92 Å². The quantitative estimate of drug-likeness (QED) is 0.896. The SMILES string of the molecule is O=C(O)[C@H]1CCCN(C(=O)NCc2cc(F)ccc2F)C1. The van der Waals surface area contributed by atoms with E-state index in [1.54, 1.807) is 0 Å². The van der Waals surface area contributed by atoms with Gasteiger partial charge in [-0.2, -0.15) is 0 Å². The predicted octanol–water partition coefficient (Wildman–Crippen LogP) is 1.97. The van der Waals surface area contributed by atoms with Gasteiger partial charge in [0, 0.05) is 25.2 Å². The van der Waals surface area contributed by atoms with Gasteiger partial charge in [0.1, 0.15) is 11.6 Å². The molecule has 2 N–H and O–H groups in total. The normalized spacial score (nSPS) is 18.4. The molecule has 21 heavy (non-hydrogen) atoms. The molecule has 1 aromatic rings. The van der Waals surface area contributed by atoms with Gasteiger partial charge in [0.2, 0.25) is 0 Å². The highest BCUT2D eigenvalue weighted by Crippen LogP contribution is 2.17. The molecule has 0 spiro atoms. The zero-order chi connectivity index (χ0) is 15.4. The second-order valence-corrected chi connectivity index (χ2v) is 5.02. The van der Waals surface area contributed by atoms with Crippen molar-refractivity contribution in [3.05, 3.63) is 35.4 Å². The van der Waals surface area contributed by atoms with Crippen molar-refractivity contribution in [3.8, 4) is 0 Å². The number of likely N-dealkylation sites (tertiary alicyclic amines) is 1. The Labute approximate surface area is 120 Å². The Balaban J connectivity index is 1.92. The van der Waals surface area contributed by atoms with Gasteiger partial charge in [-0.3, -0.25) is 4.79 Å². The Kier molecular flexibility index (Phi) is 4.72. The van der Waals surface area contributed by atoms with Crippen molar-refractivity contribution in [1.29, 1.82) is 0 Å². The van der Waals surface area contributed by atoms with Crippen LogP contribution in [0.4, 0.5) is 13.6 Å². The largest absolute Gasteiger partial charge is 0.481 e. The van der Waals surface area contributed by atoms with Crippen molar-refractivity contribution in [2.45, 2.75) is 19.4 Å². The van der Waals surface area contributed by atoms with Crippen molar-refractivity contribution >= 4 is 12.0 Å². The molecule has 1 heterocycles. The highest BCUT2D eigenvalue weighted by Gasteiger charge is 2.28. The Morgan fingerprint density at radius 2 is 2.14 bits per heavy atom. The summed E-state index contributed by atoms with van der Waals surface area (Å²) >= 11 is 0. The van der Waals surface area contributed by atoms with Crippen molar-refractivity contribution in [3.63, 3.8) is 0 Å². The monoisotopic (exact) mass is 298 g/mol. The molecule has 1 aliphatic rings. The van der Waals surface area contributed by atoms with Crippen LogP contribution in [0.3, 0.4) is 0 Å². The molecular weight excluding hydrogens is 282 g/mol. The molecule has 0 aromatic heterocycles. The fourth-order valence-electron chi connectivity index (χ4n) is 2.32. The lowest BCUT2D eigenvalue weighted by molar-refractivity contribution is -0.143. The van der Waals surface area contributed by atoms with Gasteiger partial charge in [0.15, 0.2) is 0 Å². The number of nitrogens with zero attached hydrogens (tertiary/aromatic N) is 1. The fourth-order valence-corrected chi connectivity index (χ4v) is 2.32. The van der Waals surface area contributed by atoms with E-state index >= 15 is 0 Å². The topological polar surface area (TPSA) is 69.6 Å². The van der Waals surface area contributed by atoms with Crippen LogP contribution in [0.5, 0.6) is 0 Å². The molecule has 0 bridgehead atoms. The first-order chi connectivity index (χ1) is 9.97. The van der Waals surface area contributed by atoms with Gasteiger partial charge in [-0.25, -0.2) is 13.6 Å². The standard InChI is InChI=1S/C14H16F2N2O3/c15-11-3-4-12(16)10(6-11)7-17-14(21)18-5-1-2-9(8-18)13(19)20/h3-4,6,9H,1-2,5,7-8H2,(H,17,21)(H,19,20)/t9-/m0/s1. The van der Waals surface area contributed by atoms with Crippen LogP contribution in [0.2, 0.25) is 0 Å². The number of carboxylic acid groups (broad SMARTS) is 1. The molecule has 1 aromatic carbocycles. The molecule has 2 rings (SSSR count). The van der Waals surface area contributed by atoms with Gasteiger partial charge in [0.25, 0.3) is 0 Å². The van der Waals surface area contributed by atoms with Gasteiger partial charge >= 0.3 is 12.0 Å². The zero-order valence-electron chi connectivity index (χ0n) is 11.3. The first-order valence-corrected chi connectivity index (χ1v) is 6.67. The third kappa shape index (κ3) is 3.90. The van der Waals surface area contributed by atoms with E-state index in [-0.39, 0.29) is 18.7 Å². The minimum atomic E-state index is -0.927. The Morgan fingerprint density at radius 3 is 2.86 bits per heavy atom. The molecule has 1 saturated heterocycles. The first kappa shape index (κ1) is 15.2. The number of carboxylic acids is 1. The number of hydrogen-bond donors (Lipinski definition) is 2. The van der Waals surface area contributed by atoms with E-state index in [2.05, 4.69) is 5.32 Å². The van der Waals surface area contributed by atoms with E-state index in [1.165, 1.54) is 4.90 Å². The summed E-state index contributed by atoms with van der Waals surface area (Å²) in [7, 11) is 0. The summed E-state index contributed by atoms with van der Waals surface area (Å²) < 4.78 is 26.4. The van der Waals surface area contributed by atoms with Gasteiger partial charge < -0.3 is 15.3 Å². The van der Waals surface area contributed by atoms with E-state index in [0.29, 0.717) is 19.4 Å². The second kappa shape index (κ2) is 6.51. The van der Waals surface area contributed by atoms with E-state index in [0.717, 1.165) is 18.2 Å². The van der Waals surface area contributed by atoms with Crippen LogP contribution in [-0.2, 0) is 11.3 Å². The summed E-state index contributed by atoms with van der Waals surface area (Å²) in [5, 5.41) is 11.4. The second-order valence-electron chi connectivity index (χ2n) is 5.02. The van der Waals surface area contributed by atoms with E-state index in [9.17, 15) is 18.4 Å². The summed E-state index contributed by atoms with van der Waals surface area (Å²) in [5.74, 6) is -2.68. The molecule has 114 valence electrons. The molecule has 7 heteroatoms. The molecule has 5 nitrogen and oxygen atoms in total. The van der Waals surface area contributed by atoms with Crippen molar-refractivity contribution in [2.75, 3.05) is 13.1 Å². The average Bonchev–Trinajstić information content (AvgIpc) is 2.48. The summed E-state index contributed by atoms with van der Waals surface area (Å²) in [6.07, 6.45) is 1.15. The molecular formula is C14H16F2N2O3. The summed E-state index contributed by atoms with van der Waals surface area (Å²) in [6.45, 7) is 0.449. The summed E-state index contributed by atoms with van der Waals surface area (Å²) in [4.78, 5) is 24.3. The van der Waals surface area contributed by atoms with Crippen molar-refractivity contribution in [2.24, 2.45) is 5.92 Å². The lowest BCUT2D eigenvalue weighted by Gasteiger charge is -2.30. The number of halogens is 2. The lowest BCUT2D eigenvalue weighted by Crippen LogP contribution is -2.46. The molecule has 0 aliphatic carbocycles. The number of benzene rings is 1. The average molecular weight is 298 g/mol. The van der Waals surface area contributed by atoms with Crippen LogP contribution in [0.15, 0.2) is 18.2 Å². The zero-order valence-corrected chi connectivity index (χ0v) is 11.3. The molecule has 1 atom stereocenters. The van der Waals surface area contributed by atoms with Gasteiger partial charge in [-0.15, -0.1) is 0 Å². The van der Waals surface area contributed by atoms with Crippen LogP contribution in [0, 0.1) is 17.6 Å². The number of amides is 2. The first-order valence-electron chi connectivity index (χ1n) is 6.67. The van der Waals surface area contributed by atoms with Gasteiger partial charge in [-0.05, 0) is 31.0 Å². The number of rotatable bonds is 3. The number of piperidine rings is 1. The number of aliphatic carboxylic acids is 1. The minimum absolute atomic E-state index is 0.0511. The van der Waals surface area contributed by atoms with Crippen LogP contribution in [0.1, 0.15) is 18.4 Å². The number of carbonyl (C=O) groups excluding carboxylic acids is 1. The van der Waals surface area contributed by atoms with Crippen LogP contribution < -0.4 is 5.32 Å². The highest BCUT2D eigenvalue weighted by molar-refractivity contribution is 5.76. The van der Waals surface area contributed by atoms with E-state index in [1.807, 2.05) is 0 Å². The fraction of sp³-hybridized carbons (Fsp3) is 0.429. The minimum Gasteiger partial charge on any atom is -0.481 e. The maximum Gasteiger partial charge on any atom is 0.317 e. The molecule has 0 saturated carbocycles. The van der Waals surface area contributed by atoms with Gasteiger partial charge in [-0.1, -0.05) is 0 Å². The van der Waals surface area contributed by atoms with Crippen molar-refractivity contribution in [1.82, 2.24) is 10.2 Å². The maximum absolute atomic E-state index is 13.4. The summed E-state index contributed by atoms with van der Waals surface area (Å²) in [6, 6.07) is 2.55. The number of carbonyl (C=O) groups is 2. The Morgan fingerprint density at radius 1 is 1.38 bits per heavy atom. The van der Waals surface area contributed by atoms with Crippen molar-refractivity contribution < 1.29 is 23.5 Å². The van der Waals surface area contributed by atoms with E-state index < -0.39 is 29.6 Å². The van der Waals surface area contributed by atoms with E-state index in [4.69, 9.17) is 5.11 Å². The maximum atomic E-state index is 13.4. The molecule has 2 amide bonds. The number of urea groups is 1. The van der Waals surface area contributed by atoms with Crippen LogP contribution in [0.25, 0.3) is 0 Å². The Bertz CT molecular complexity index is 551. The lowest BCUT2D eigenvalue weighted by atomic mass is 9.99. The number of nitrogens with one attached hydrogen (secondary N) is 1. The van der Waals surface area contributed by atoms with Crippen LogP contribution in [-0.4, -0.2) is 35.1 Å². The number of hydrogen-bond acceptors (Lipinski definition) is 2. The molecule has 0 unspecified atom stereocenters. The molecule has 0 radical (unpaired) electrons. The smallest absolute Gasteiger partial charge is 0.317 e. The molecule has 1 fully saturated rings. The predicted molar refractivity (Wildman–Crippen MR) is 70.5 cm³/mol.